The lowest BCUT2D eigenvalue weighted by Gasteiger charge is -2.08. The number of carbonyl (C=O) groups is 1. The molecule has 0 saturated carbocycles. The average molecular weight is 271 g/mol. The van der Waals surface area contributed by atoms with Gasteiger partial charge in [0.1, 0.15) is 6.61 Å². The summed E-state index contributed by atoms with van der Waals surface area (Å²) in [5.41, 5.74) is 0.944. The number of benzene rings is 2. The number of hydrogen-bond acceptors (Lipinski definition) is 3. The van der Waals surface area contributed by atoms with Gasteiger partial charge in [-0.15, -0.1) is 0 Å². The predicted molar refractivity (Wildman–Crippen MR) is 68.8 cm³/mol. The van der Waals surface area contributed by atoms with E-state index in [1.165, 1.54) is 12.1 Å². The van der Waals surface area contributed by atoms with Gasteiger partial charge in [0.25, 0.3) is 0 Å². The fraction of sp³-hybridized carbons (Fsp3) is 0.0667. The second-order valence-electron chi connectivity index (χ2n) is 4.01. The Morgan fingerprint density at radius 2 is 2.05 bits per heavy atom. The summed E-state index contributed by atoms with van der Waals surface area (Å²) in [6.07, 6.45) is 0. The SMILES string of the molecule is N#Cc1ccccc1COc1ccc(C(=O)O)cc1F. The highest BCUT2D eigenvalue weighted by Crippen LogP contribution is 2.20. The molecule has 0 amide bonds. The molecule has 0 atom stereocenters. The maximum atomic E-state index is 13.6. The van der Waals surface area contributed by atoms with Gasteiger partial charge in [-0.1, -0.05) is 18.2 Å². The third-order valence-corrected chi connectivity index (χ3v) is 2.70. The molecule has 0 bridgehead atoms. The van der Waals surface area contributed by atoms with Gasteiger partial charge in [-0.3, -0.25) is 0 Å². The first kappa shape index (κ1) is 13.6. The van der Waals surface area contributed by atoms with E-state index in [1.54, 1.807) is 24.3 Å². The molecule has 0 fully saturated rings. The van der Waals surface area contributed by atoms with Crippen molar-refractivity contribution in [1.82, 2.24) is 0 Å². The lowest BCUT2D eigenvalue weighted by Crippen LogP contribution is -2.02. The van der Waals surface area contributed by atoms with Gasteiger partial charge in [0.2, 0.25) is 0 Å². The van der Waals surface area contributed by atoms with Gasteiger partial charge in [-0.2, -0.15) is 5.26 Å². The van der Waals surface area contributed by atoms with E-state index < -0.39 is 11.8 Å². The molecule has 0 saturated heterocycles. The quantitative estimate of drug-likeness (QED) is 0.928. The molecular weight excluding hydrogens is 261 g/mol. The topological polar surface area (TPSA) is 70.3 Å². The number of nitriles is 1. The largest absolute Gasteiger partial charge is 0.486 e. The standard InChI is InChI=1S/C15H10FNO3/c16-13-7-10(15(18)19)5-6-14(13)20-9-12-4-2-1-3-11(12)8-17/h1-7H,9H2,(H,18,19). The van der Waals surface area contributed by atoms with Crippen LogP contribution in [0.2, 0.25) is 0 Å². The van der Waals surface area contributed by atoms with E-state index in [0.29, 0.717) is 11.1 Å². The Morgan fingerprint density at radius 3 is 2.70 bits per heavy atom. The highest BCUT2D eigenvalue weighted by molar-refractivity contribution is 5.87. The Morgan fingerprint density at radius 1 is 1.30 bits per heavy atom. The van der Waals surface area contributed by atoms with E-state index in [4.69, 9.17) is 15.1 Å². The van der Waals surface area contributed by atoms with E-state index in [9.17, 15) is 9.18 Å². The van der Waals surface area contributed by atoms with Gasteiger partial charge in [-0.25, -0.2) is 9.18 Å². The van der Waals surface area contributed by atoms with E-state index >= 15 is 0 Å². The molecule has 2 aromatic carbocycles. The van der Waals surface area contributed by atoms with Crippen molar-refractivity contribution in [3.63, 3.8) is 0 Å². The van der Waals surface area contributed by atoms with Gasteiger partial charge in [0.05, 0.1) is 17.2 Å². The van der Waals surface area contributed by atoms with Crippen LogP contribution in [0.15, 0.2) is 42.5 Å². The van der Waals surface area contributed by atoms with E-state index in [-0.39, 0.29) is 17.9 Å². The van der Waals surface area contributed by atoms with Crippen molar-refractivity contribution < 1.29 is 19.0 Å². The highest BCUT2D eigenvalue weighted by Gasteiger charge is 2.10. The van der Waals surface area contributed by atoms with Crippen LogP contribution in [0.25, 0.3) is 0 Å². The van der Waals surface area contributed by atoms with Crippen LogP contribution in [0, 0.1) is 17.1 Å². The summed E-state index contributed by atoms with van der Waals surface area (Å²) in [4.78, 5) is 10.7. The van der Waals surface area contributed by atoms with E-state index in [0.717, 1.165) is 6.07 Å². The van der Waals surface area contributed by atoms with Crippen LogP contribution in [0.1, 0.15) is 21.5 Å². The summed E-state index contributed by atoms with van der Waals surface area (Å²) < 4.78 is 18.9. The van der Waals surface area contributed by atoms with Crippen LogP contribution in [0.3, 0.4) is 0 Å². The molecule has 0 heterocycles. The third-order valence-electron chi connectivity index (χ3n) is 2.70. The zero-order valence-corrected chi connectivity index (χ0v) is 10.3. The Labute approximate surface area is 114 Å². The fourth-order valence-corrected chi connectivity index (χ4v) is 1.66. The lowest BCUT2D eigenvalue weighted by molar-refractivity contribution is 0.0696. The molecule has 0 aliphatic carbocycles. The minimum absolute atomic E-state index is 0.0348. The molecule has 0 unspecified atom stereocenters. The van der Waals surface area contributed by atoms with Crippen molar-refractivity contribution in [3.05, 3.63) is 65.0 Å². The number of carboxylic acid groups (broad SMARTS) is 1. The molecule has 0 aliphatic heterocycles. The van der Waals surface area contributed by atoms with Crippen LogP contribution < -0.4 is 4.74 Å². The summed E-state index contributed by atoms with van der Waals surface area (Å²) in [6.45, 7) is 0.0348. The number of ether oxygens (including phenoxy) is 1. The molecule has 2 aromatic rings. The zero-order valence-electron chi connectivity index (χ0n) is 10.3. The van der Waals surface area contributed by atoms with Crippen LogP contribution in [-0.2, 0) is 6.61 Å². The first-order valence-electron chi connectivity index (χ1n) is 5.75. The van der Waals surface area contributed by atoms with Crippen LogP contribution in [0.4, 0.5) is 4.39 Å². The summed E-state index contributed by atoms with van der Waals surface area (Å²) in [5.74, 6) is -2.01. The van der Waals surface area contributed by atoms with Gasteiger partial charge in [-0.05, 0) is 24.3 Å². The van der Waals surface area contributed by atoms with Crippen molar-refractivity contribution in [2.24, 2.45) is 0 Å². The second-order valence-corrected chi connectivity index (χ2v) is 4.01. The zero-order chi connectivity index (χ0) is 14.5. The Balaban J connectivity index is 2.16. The summed E-state index contributed by atoms with van der Waals surface area (Å²) in [5, 5.41) is 17.7. The molecule has 0 aliphatic rings. The van der Waals surface area contributed by atoms with Gasteiger partial charge in [0, 0.05) is 5.56 Å². The second kappa shape index (κ2) is 5.85. The Kier molecular flexibility index (Phi) is 3.96. The van der Waals surface area contributed by atoms with Crippen molar-refractivity contribution >= 4 is 5.97 Å². The Hall–Kier alpha value is -2.87. The number of rotatable bonds is 4. The molecule has 20 heavy (non-hydrogen) atoms. The predicted octanol–water partition coefficient (Wildman–Crippen LogP) is 2.97. The molecule has 100 valence electrons. The smallest absolute Gasteiger partial charge is 0.335 e. The van der Waals surface area contributed by atoms with Crippen molar-refractivity contribution in [3.8, 4) is 11.8 Å². The maximum absolute atomic E-state index is 13.6. The normalized spacial score (nSPS) is 9.80. The van der Waals surface area contributed by atoms with Crippen molar-refractivity contribution in [2.45, 2.75) is 6.61 Å². The highest BCUT2D eigenvalue weighted by atomic mass is 19.1. The van der Waals surface area contributed by atoms with Crippen LogP contribution in [-0.4, -0.2) is 11.1 Å². The lowest BCUT2D eigenvalue weighted by atomic mass is 10.1. The van der Waals surface area contributed by atoms with Gasteiger partial charge >= 0.3 is 5.97 Å². The number of halogens is 1. The first-order valence-corrected chi connectivity index (χ1v) is 5.75. The summed E-state index contributed by atoms with van der Waals surface area (Å²) in [6, 6.07) is 12.3. The molecule has 4 nitrogen and oxygen atoms in total. The molecular formula is C15H10FNO3. The summed E-state index contributed by atoms with van der Waals surface area (Å²) >= 11 is 0. The Bertz CT molecular complexity index is 692. The van der Waals surface area contributed by atoms with Crippen LogP contribution in [0.5, 0.6) is 5.75 Å². The average Bonchev–Trinajstić information content (AvgIpc) is 2.46. The van der Waals surface area contributed by atoms with Crippen molar-refractivity contribution in [2.75, 3.05) is 0 Å². The van der Waals surface area contributed by atoms with Crippen LogP contribution >= 0.6 is 0 Å². The monoisotopic (exact) mass is 271 g/mol. The first-order chi connectivity index (χ1) is 9.61. The minimum atomic E-state index is -1.20. The number of aromatic carboxylic acids is 1. The fourth-order valence-electron chi connectivity index (χ4n) is 1.66. The van der Waals surface area contributed by atoms with Gasteiger partial charge in [0.15, 0.2) is 11.6 Å². The molecule has 1 N–H and O–H groups in total. The minimum Gasteiger partial charge on any atom is -0.486 e. The number of carboxylic acids is 1. The number of hydrogen-bond donors (Lipinski definition) is 1. The molecule has 0 spiro atoms. The molecule has 0 radical (unpaired) electrons. The molecule has 5 heteroatoms. The van der Waals surface area contributed by atoms with E-state index in [1.807, 2.05) is 6.07 Å². The molecule has 2 rings (SSSR count). The third kappa shape index (κ3) is 2.93. The maximum Gasteiger partial charge on any atom is 0.335 e. The molecule has 0 aromatic heterocycles. The number of nitrogens with zero attached hydrogens (tertiary/aromatic N) is 1. The van der Waals surface area contributed by atoms with E-state index in [2.05, 4.69) is 0 Å². The summed E-state index contributed by atoms with van der Waals surface area (Å²) in [7, 11) is 0. The van der Waals surface area contributed by atoms with Crippen molar-refractivity contribution in [1.29, 1.82) is 5.26 Å². The van der Waals surface area contributed by atoms with Gasteiger partial charge < -0.3 is 9.84 Å².